The lowest BCUT2D eigenvalue weighted by molar-refractivity contribution is -0.122. The Morgan fingerprint density at radius 2 is 1.90 bits per heavy atom. The normalized spacial score (nSPS) is 14.1. The Morgan fingerprint density at radius 3 is 2.48 bits per heavy atom. The molecule has 1 aromatic rings. The minimum atomic E-state index is 0.178. The van der Waals surface area contributed by atoms with Gasteiger partial charge in [-0.25, -0.2) is 9.97 Å². The number of amides is 1. The van der Waals surface area contributed by atoms with E-state index in [1.54, 1.807) is 6.33 Å². The van der Waals surface area contributed by atoms with Crippen molar-refractivity contribution >= 4 is 17.5 Å². The first kappa shape index (κ1) is 15.5. The monoisotopic (exact) mass is 291 g/mol. The number of nitrogens with one attached hydrogen (secondary N) is 3. The van der Waals surface area contributed by atoms with E-state index in [4.69, 9.17) is 0 Å². The van der Waals surface area contributed by atoms with E-state index in [1.807, 2.05) is 6.92 Å². The molecular weight excluding hydrogens is 266 g/mol. The van der Waals surface area contributed by atoms with Crippen LogP contribution in [0.4, 0.5) is 11.6 Å². The topological polar surface area (TPSA) is 78.9 Å². The van der Waals surface area contributed by atoms with Crippen LogP contribution in [0.3, 0.4) is 0 Å². The molecule has 0 aliphatic heterocycles. The highest BCUT2D eigenvalue weighted by atomic mass is 16.2. The molecule has 6 heteroatoms. The highest BCUT2D eigenvalue weighted by molar-refractivity contribution is 5.80. The van der Waals surface area contributed by atoms with Gasteiger partial charge in [0.15, 0.2) is 0 Å². The van der Waals surface area contributed by atoms with Crippen LogP contribution in [0.1, 0.15) is 45.1 Å². The van der Waals surface area contributed by atoms with E-state index in [9.17, 15) is 4.79 Å². The van der Waals surface area contributed by atoms with Crippen LogP contribution < -0.4 is 16.0 Å². The first-order valence-electron chi connectivity index (χ1n) is 7.73. The summed E-state index contributed by atoms with van der Waals surface area (Å²) in [5, 5.41) is 9.51. The Balaban J connectivity index is 1.91. The first-order chi connectivity index (χ1) is 10.1. The van der Waals surface area contributed by atoms with Gasteiger partial charge in [-0.05, 0) is 25.7 Å². The summed E-state index contributed by atoms with van der Waals surface area (Å²) in [4.78, 5) is 20.2. The highest BCUT2D eigenvalue weighted by Gasteiger charge is 2.29. The number of hydrogen-bond donors (Lipinski definition) is 3. The summed E-state index contributed by atoms with van der Waals surface area (Å²) >= 11 is 0. The molecule has 0 spiro atoms. The van der Waals surface area contributed by atoms with E-state index in [1.165, 1.54) is 0 Å². The molecular formula is C15H25N5O. The van der Waals surface area contributed by atoms with Gasteiger partial charge < -0.3 is 16.0 Å². The maximum atomic E-state index is 11.6. The zero-order chi connectivity index (χ0) is 15.2. The molecule has 1 aliphatic rings. The van der Waals surface area contributed by atoms with Crippen molar-refractivity contribution in [1.82, 2.24) is 15.3 Å². The number of anilines is 2. The molecule has 0 unspecified atom stereocenters. The van der Waals surface area contributed by atoms with Gasteiger partial charge in [0.1, 0.15) is 18.0 Å². The second-order valence-electron chi connectivity index (χ2n) is 5.66. The van der Waals surface area contributed by atoms with Crippen LogP contribution in [0.5, 0.6) is 0 Å². The molecule has 0 aromatic carbocycles. The van der Waals surface area contributed by atoms with Gasteiger partial charge in [0, 0.05) is 31.1 Å². The van der Waals surface area contributed by atoms with E-state index in [2.05, 4.69) is 39.8 Å². The molecule has 1 amide bonds. The summed E-state index contributed by atoms with van der Waals surface area (Å²) in [7, 11) is 0. The Morgan fingerprint density at radius 1 is 1.24 bits per heavy atom. The predicted molar refractivity (Wildman–Crippen MR) is 84.5 cm³/mol. The lowest BCUT2D eigenvalue weighted by Gasteiger charge is -2.17. The van der Waals surface area contributed by atoms with E-state index in [0.717, 1.165) is 36.6 Å². The van der Waals surface area contributed by atoms with Crippen molar-refractivity contribution in [2.45, 2.75) is 39.5 Å². The average Bonchev–Trinajstić information content (AvgIpc) is 3.28. The lowest BCUT2D eigenvalue weighted by Crippen LogP contribution is -2.30. The number of nitrogens with zero attached hydrogens (tertiary/aromatic N) is 2. The molecule has 6 nitrogen and oxygen atoms in total. The fourth-order valence-corrected chi connectivity index (χ4v) is 2.25. The summed E-state index contributed by atoms with van der Waals surface area (Å²) in [6, 6.07) is 0. The Hall–Kier alpha value is -1.85. The molecule has 3 N–H and O–H groups in total. The number of carbonyl (C=O) groups excluding carboxylic acids is 1. The summed E-state index contributed by atoms with van der Waals surface area (Å²) in [6.07, 6.45) is 3.64. The molecule has 1 fully saturated rings. The summed E-state index contributed by atoms with van der Waals surface area (Å²) in [6.45, 7) is 8.41. The van der Waals surface area contributed by atoms with Crippen molar-refractivity contribution in [2.75, 3.05) is 30.3 Å². The molecule has 1 heterocycles. The van der Waals surface area contributed by atoms with Crippen LogP contribution in [0.2, 0.25) is 0 Å². The molecule has 116 valence electrons. The van der Waals surface area contributed by atoms with Crippen LogP contribution in [-0.4, -0.2) is 35.5 Å². The van der Waals surface area contributed by atoms with Crippen molar-refractivity contribution in [3.8, 4) is 0 Å². The Bertz CT molecular complexity index is 485. The van der Waals surface area contributed by atoms with Gasteiger partial charge >= 0.3 is 0 Å². The van der Waals surface area contributed by atoms with Crippen LogP contribution >= 0.6 is 0 Å². The maximum Gasteiger partial charge on any atom is 0.223 e. The number of hydrogen-bond acceptors (Lipinski definition) is 5. The molecule has 21 heavy (non-hydrogen) atoms. The fourth-order valence-electron chi connectivity index (χ4n) is 2.25. The molecule has 0 radical (unpaired) electrons. The van der Waals surface area contributed by atoms with Crippen LogP contribution in [0.15, 0.2) is 6.33 Å². The van der Waals surface area contributed by atoms with Gasteiger partial charge in [-0.2, -0.15) is 0 Å². The summed E-state index contributed by atoms with van der Waals surface area (Å²) in [5.74, 6) is 2.49. The number of carbonyl (C=O) groups is 1. The predicted octanol–water partition coefficient (Wildman–Crippen LogP) is 1.97. The third kappa shape index (κ3) is 4.31. The van der Waals surface area contributed by atoms with Gasteiger partial charge in [0.2, 0.25) is 5.91 Å². The summed E-state index contributed by atoms with van der Waals surface area (Å²) < 4.78 is 0. The largest absolute Gasteiger partial charge is 0.370 e. The minimum absolute atomic E-state index is 0.178. The smallest absolute Gasteiger partial charge is 0.223 e. The van der Waals surface area contributed by atoms with Gasteiger partial charge in [0.05, 0.1) is 0 Å². The van der Waals surface area contributed by atoms with Crippen LogP contribution in [0, 0.1) is 5.92 Å². The molecule has 0 bridgehead atoms. The van der Waals surface area contributed by atoms with Crippen molar-refractivity contribution in [2.24, 2.45) is 5.92 Å². The molecule has 1 aliphatic carbocycles. The molecule has 2 rings (SSSR count). The number of rotatable bonds is 8. The van der Waals surface area contributed by atoms with E-state index in [0.29, 0.717) is 19.0 Å². The average molecular weight is 291 g/mol. The fraction of sp³-hybridized carbons (Fsp3) is 0.667. The lowest BCUT2D eigenvalue weighted by atomic mass is 10.0. The Kier molecular flexibility index (Phi) is 5.36. The van der Waals surface area contributed by atoms with Gasteiger partial charge in [-0.15, -0.1) is 0 Å². The van der Waals surface area contributed by atoms with Crippen molar-refractivity contribution in [1.29, 1.82) is 0 Å². The van der Waals surface area contributed by atoms with Gasteiger partial charge in [0.25, 0.3) is 0 Å². The van der Waals surface area contributed by atoms with Crippen molar-refractivity contribution in [3.63, 3.8) is 0 Å². The maximum absolute atomic E-state index is 11.6. The Labute approximate surface area is 126 Å². The molecule has 0 atom stereocenters. The summed E-state index contributed by atoms with van der Waals surface area (Å²) in [5.41, 5.74) is 1.09. The standard InChI is InChI=1S/C15H25N5O/c1-4-16-13-12(10(2)3)14(20-9-19-13)17-7-8-18-15(21)11-5-6-11/h9-11H,4-8H2,1-3H3,(H,18,21)(H2,16,17,19,20). The molecule has 0 saturated heterocycles. The SMILES string of the molecule is CCNc1ncnc(NCCNC(=O)C2CC2)c1C(C)C. The molecule has 1 saturated carbocycles. The second-order valence-corrected chi connectivity index (χ2v) is 5.66. The van der Waals surface area contributed by atoms with Crippen LogP contribution in [-0.2, 0) is 4.79 Å². The van der Waals surface area contributed by atoms with E-state index >= 15 is 0 Å². The van der Waals surface area contributed by atoms with E-state index < -0.39 is 0 Å². The quantitative estimate of drug-likeness (QED) is 0.638. The second kappa shape index (κ2) is 7.24. The van der Waals surface area contributed by atoms with Crippen LogP contribution in [0.25, 0.3) is 0 Å². The third-order valence-electron chi connectivity index (χ3n) is 3.47. The van der Waals surface area contributed by atoms with Gasteiger partial charge in [-0.1, -0.05) is 13.8 Å². The first-order valence-corrected chi connectivity index (χ1v) is 7.73. The minimum Gasteiger partial charge on any atom is -0.370 e. The highest BCUT2D eigenvalue weighted by Crippen LogP contribution is 2.29. The van der Waals surface area contributed by atoms with Crippen molar-refractivity contribution in [3.05, 3.63) is 11.9 Å². The van der Waals surface area contributed by atoms with E-state index in [-0.39, 0.29) is 11.8 Å². The number of aromatic nitrogens is 2. The zero-order valence-corrected chi connectivity index (χ0v) is 13.1. The zero-order valence-electron chi connectivity index (χ0n) is 13.1. The van der Waals surface area contributed by atoms with Crippen molar-refractivity contribution < 1.29 is 4.79 Å². The molecule has 1 aromatic heterocycles. The van der Waals surface area contributed by atoms with Gasteiger partial charge in [-0.3, -0.25) is 4.79 Å². The third-order valence-corrected chi connectivity index (χ3v) is 3.47.